The third-order valence-corrected chi connectivity index (χ3v) is 4.41. The first kappa shape index (κ1) is 18.3. The molecular weight excluding hydrogens is 357 g/mol. The third kappa shape index (κ3) is 4.00. The van der Waals surface area contributed by atoms with E-state index in [1.165, 1.54) is 18.3 Å². The Bertz CT molecular complexity index is 870. The van der Waals surface area contributed by atoms with Crippen LogP contribution in [0.25, 0.3) is 5.70 Å². The number of aryl methyl sites for hydroxylation is 1. The molecule has 0 saturated heterocycles. The van der Waals surface area contributed by atoms with Crippen LogP contribution in [-0.2, 0) is 18.3 Å². The molecule has 0 bridgehead atoms. The van der Waals surface area contributed by atoms with Crippen molar-refractivity contribution < 1.29 is 9.18 Å². The van der Waals surface area contributed by atoms with E-state index < -0.39 is 0 Å². The number of nitrogens with one attached hydrogen (secondary N) is 1. The van der Waals surface area contributed by atoms with Gasteiger partial charge >= 0.3 is 0 Å². The predicted octanol–water partition coefficient (Wildman–Crippen LogP) is 2.08. The van der Waals surface area contributed by atoms with Gasteiger partial charge in [0.2, 0.25) is 0 Å². The number of halogens is 2. The first-order chi connectivity index (χ1) is 12.5. The molecule has 0 fully saturated rings. The van der Waals surface area contributed by atoms with Gasteiger partial charge in [-0.2, -0.15) is 5.10 Å². The quantitative estimate of drug-likeness (QED) is 0.810. The standard InChI is InChI=1S/C18H19ClFN5O/c1-25-17(14(19)10-22-25)15-5-6-16(24-15)18(26)23-13(9-21)8-11-3-2-4-12(20)7-11/h2-5,7,10,13H,6,8-9,21H2,1H3,(H,23,26)/t13-/m0/s1. The molecule has 0 unspecified atom stereocenters. The van der Waals surface area contributed by atoms with E-state index in [4.69, 9.17) is 17.3 Å². The van der Waals surface area contributed by atoms with Crippen molar-refractivity contribution >= 4 is 28.9 Å². The van der Waals surface area contributed by atoms with Crippen LogP contribution < -0.4 is 11.1 Å². The van der Waals surface area contributed by atoms with Crippen molar-refractivity contribution in [2.75, 3.05) is 6.54 Å². The van der Waals surface area contributed by atoms with Gasteiger partial charge in [0.05, 0.1) is 16.9 Å². The van der Waals surface area contributed by atoms with Gasteiger partial charge in [0.1, 0.15) is 17.2 Å². The van der Waals surface area contributed by atoms with Gasteiger partial charge in [-0.1, -0.05) is 29.8 Å². The largest absolute Gasteiger partial charge is 0.347 e. The molecule has 1 aliphatic heterocycles. The van der Waals surface area contributed by atoms with E-state index in [0.717, 1.165) is 5.56 Å². The van der Waals surface area contributed by atoms with Crippen LogP contribution in [-0.4, -0.2) is 34.0 Å². The Kier molecular flexibility index (Phi) is 5.49. The third-order valence-electron chi connectivity index (χ3n) is 4.13. The molecule has 2 aromatic rings. The van der Waals surface area contributed by atoms with E-state index in [1.54, 1.807) is 23.9 Å². The van der Waals surface area contributed by atoms with E-state index in [0.29, 0.717) is 35.0 Å². The molecule has 136 valence electrons. The summed E-state index contributed by atoms with van der Waals surface area (Å²) < 4.78 is 14.9. The average molecular weight is 376 g/mol. The number of aliphatic imine (C=N–C) groups is 1. The van der Waals surface area contributed by atoms with E-state index >= 15 is 0 Å². The monoisotopic (exact) mass is 375 g/mol. The second-order valence-electron chi connectivity index (χ2n) is 6.06. The molecule has 3 rings (SSSR count). The average Bonchev–Trinajstić information content (AvgIpc) is 3.21. The van der Waals surface area contributed by atoms with E-state index in [1.807, 2.05) is 6.08 Å². The lowest BCUT2D eigenvalue weighted by Gasteiger charge is -2.17. The fourth-order valence-electron chi connectivity index (χ4n) is 2.83. The molecule has 6 nitrogen and oxygen atoms in total. The smallest absolute Gasteiger partial charge is 0.266 e. The van der Waals surface area contributed by atoms with Gasteiger partial charge in [0.25, 0.3) is 5.91 Å². The summed E-state index contributed by atoms with van der Waals surface area (Å²) in [7, 11) is 1.76. The molecule has 0 radical (unpaired) electrons. The molecule has 1 amide bonds. The summed E-state index contributed by atoms with van der Waals surface area (Å²) in [5.41, 5.74) is 8.21. The van der Waals surface area contributed by atoms with Gasteiger partial charge in [-0.15, -0.1) is 0 Å². The Labute approximate surface area is 155 Å². The summed E-state index contributed by atoms with van der Waals surface area (Å²) in [6.07, 6.45) is 4.22. The molecule has 1 aromatic carbocycles. The van der Waals surface area contributed by atoms with Gasteiger partial charge < -0.3 is 11.1 Å². The number of hydrogen-bond acceptors (Lipinski definition) is 4. The molecule has 3 N–H and O–H groups in total. The van der Waals surface area contributed by atoms with Crippen molar-refractivity contribution in [3.63, 3.8) is 0 Å². The summed E-state index contributed by atoms with van der Waals surface area (Å²) in [5.74, 6) is -0.604. The summed E-state index contributed by atoms with van der Waals surface area (Å²) in [4.78, 5) is 16.9. The Balaban J connectivity index is 1.67. The maximum atomic E-state index is 13.3. The van der Waals surface area contributed by atoms with Crippen LogP contribution in [0.15, 0.2) is 41.5 Å². The lowest BCUT2D eigenvalue weighted by molar-refractivity contribution is -0.115. The lowest BCUT2D eigenvalue weighted by atomic mass is 10.1. The zero-order valence-corrected chi connectivity index (χ0v) is 15.0. The molecule has 1 atom stereocenters. The first-order valence-electron chi connectivity index (χ1n) is 8.19. The highest BCUT2D eigenvalue weighted by Gasteiger charge is 2.22. The number of carbonyl (C=O) groups is 1. The van der Waals surface area contributed by atoms with Crippen molar-refractivity contribution in [1.29, 1.82) is 0 Å². The second kappa shape index (κ2) is 7.80. The van der Waals surface area contributed by atoms with E-state index in [9.17, 15) is 9.18 Å². The molecule has 0 saturated carbocycles. The fourth-order valence-corrected chi connectivity index (χ4v) is 3.10. The number of carbonyl (C=O) groups excluding carboxylic acids is 1. The van der Waals surface area contributed by atoms with Gasteiger partial charge in [-0.3, -0.25) is 9.48 Å². The maximum absolute atomic E-state index is 13.3. The maximum Gasteiger partial charge on any atom is 0.266 e. The Morgan fingerprint density at radius 1 is 1.50 bits per heavy atom. The van der Waals surface area contributed by atoms with Crippen LogP contribution in [0.3, 0.4) is 0 Å². The minimum atomic E-state index is -0.313. The molecule has 1 aliphatic rings. The molecule has 26 heavy (non-hydrogen) atoms. The number of nitrogens with zero attached hydrogens (tertiary/aromatic N) is 3. The predicted molar refractivity (Wildman–Crippen MR) is 99.3 cm³/mol. The van der Waals surface area contributed by atoms with Gasteiger partial charge in [0, 0.05) is 26.1 Å². The van der Waals surface area contributed by atoms with Crippen LogP contribution >= 0.6 is 11.6 Å². The van der Waals surface area contributed by atoms with Gasteiger partial charge in [0.15, 0.2) is 0 Å². The molecular formula is C18H19ClFN5O. The van der Waals surface area contributed by atoms with E-state index in [-0.39, 0.29) is 24.3 Å². The lowest BCUT2D eigenvalue weighted by Crippen LogP contribution is -2.44. The first-order valence-corrected chi connectivity index (χ1v) is 8.56. The number of benzene rings is 1. The summed E-state index contributed by atoms with van der Waals surface area (Å²) >= 11 is 6.12. The molecule has 1 aromatic heterocycles. The minimum Gasteiger partial charge on any atom is -0.347 e. The van der Waals surface area contributed by atoms with Crippen molar-refractivity contribution in [3.8, 4) is 0 Å². The van der Waals surface area contributed by atoms with Crippen molar-refractivity contribution in [3.05, 3.63) is 58.6 Å². The number of rotatable bonds is 6. The number of nitrogens with two attached hydrogens (primary N) is 1. The Morgan fingerprint density at radius 3 is 2.96 bits per heavy atom. The van der Waals surface area contributed by atoms with E-state index in [2.05, 4.69) is 15.4 Å². The molecule has 8 heteroatoms. The van der Waals surface area contributed by atoms with Crippen LogP contribution in [0.4, 0.5) is 4.39 Å². The van der Waals surface area contributed by atoms with Crippen LogP contribution in [0, 0.1) is 5.82 Å². The van der Waals surface area contributed by atoms with Crippen LogP contribution in [0.2, 0.25) is 5.02 Å². The number of amides is 1. The van der Waals surface area contributed by atoms with Crippen LogP contribution in [0.1, 0.15) is 17.7 Å². The van der Waals surface area contributed by atoms with Crippen molar-refractivity contribution in [1.82, 2.24) is 15.1 Å². The van der Waals surface area contributed by atoms with Crippen LogP contribution in [0.5, 0.6) is 0 Å². The highest BCUT2D eigenvalue weighted by molar-refractivity contribution is 6.41. The summed E-state index contributed by atoms with van der Waals surface area (Å²) in [6, 6.07) is 5.94. The van der Waals surface area contributed by atoms with Crippen molar-refractivity contribution in [2.24, 2.45) is 17.8 Å². The summed E-state index contributed by atoms with van der Waals surface area (Å²) in [6.45, 7) is 0.239. The number of aromatic nitrogens is 2. The van der Waals surface area contributed by atoms with Crippen molar-refractivity contribution in [2.45, 2.75) is 18.9 Å². The molecule has 2 heterocycles. The highest BCUT2D eigenvalue weighted by atomic mass is 35.5. The van der Waals surface area contributed by atoms with Gasteiger partial charge in [-0.05, 0) is 24.1 Å². The molecule has 0 aliphatic carbocycles. The summed E-state index contributed by atoms with van der Waals surface area (Å²) in [5, 5.41) is 7.42. The number of hydrogen-bond donors (Lipinski definition) is 2. The Morgan fingerprint density at radius 2 is 2.31 bits per heavy atom. The minimum absolute atomic E-state index is 0.239. The topological polar surface area (TPSA) is 85.3 Å². The normalized spacial score (nSPS) is 14.8. The zero-order chi connectivity index (χ0) is 18.7. The van der Waals surface area contributed by atoms with Gasteiger partial charge in [-0.25, -0.2) is 9.38 Å². The zero-order valence-electron chi connectivity index (χ0n) is 14.2. The Hall–Kier alpha value is -2.51. The fraction of sp³-hybridized carbons (Fsp3) is 0.278. The second-order valence-corrected chi connectivity index (χ2v) is 6.46. The SMILES string of the molecule is Cn1ncc(Cl)c1C1=CCC(C(=O)N[C@H](CN)Cc2cccc(F)c2)=N1. The number of allylic oxidation sites excluding steroid dienone is 1. The highest BCUT2D eigenvalue weighted by Crippen LogP contribution is 2.27. The molecule has 0 spiro atoms.